The molecule has 53 heavy (non-hydrogen) atoms. The topological polar surface area (TPSA) is 38.7 Å². The lowest BCUT2D eigenvalue weighted by molar-refractivity contribution is 0.924. The van der Waals surface area contributed by atoms with Crippen LogP contribution in [-0.4, -0.2) is 15.0 Å². The van der Waals surface area contributed by atoms with Gasteiger partial charge in [-0.1, -0.05) is 165 Å². The monoisotopic (exact) mass is 677 g/mol. The Hall–Kier alpha value is -6.71. The molecule has 0 spiro atoms. The fourth-order valence-electron chi connectivity index (χ4n) is 7.97. The summed E-state index contributed by atoms with van der Waals surface area (Å²) >= 11 is 0. The third-order valence-corrected chi connectivity index (χ3v) is 10.5. The molecule has 0 saturated carbocycles. The highest BCUT2D eigenvalue weighted by Crippen LogP contribution is 2.42. The highest BCUT2D eigenvalue weighted by atomic mass is 15.0. The third kappa shape index (κ3) is 5.49. The Labute approximate surface area is 308 Å². The van der Waals surface area contributed by atoms with Crippen LogP contribution < -0.4 is 0 Å². The van der Waals surface area contributed by atoms with E-state index in [1.165, 1.54) is 43.6 Å². The van der Waals surface area contributed by atoms with Crippen molar-refractivity contribution in [2.24, 2.45) is 0 Å². The molecule has 0 fully saturated rings. The molecule has 0 atom stereocenters. The van der Waals surface area contributed by atoms with Gasteiger partial charge in [-0.2, -0.15) is 0 Å². The average molecular weight is 678 g/mol. The van der Waals surface area contributed by atoms with Crippen LogP contribution in [0.5, 0.6) is 0 Å². The van der Waals surface area contributed by atoms with Crippen molar-refractivity contribution in [2.75, 3.05) is 0 Å². The van der Waals surface area contributed by atoms with Crippen LogP contribution in [0.1, 0.15) is 18.9 Å². The molecule has 1 aromatic heterocycles. The predicted octanol–water partition coefficient (Wildman–Crippen LogP) is 13.3. The molecule has 0 aliphatic heterocycles. The van der Waals surface area contributed by atoms with Gasteiger partial charge in [0, 0.05) is 16.7 Å². The number of nitrogens with zero attached hydrogens (tertiary/aromatic N) is 3. The van der Waals surface area contributed by atoms with Gasteiger partial charge >= 0.3 is 0 Å². The molecule has 0 aliphatic carbocycles. The lowest BCUT2D eigenvalue weighted by Crippen LogP contribution is -2.01. The van der Waals surface area contributed by atoms with E-state index in [1.807, 2.05) is 0 Å². The quantitative estimate of drug-likeness (QED) is 0.130. The van der Waals surface area contributed by atoms with Crippen LogP contribution in [0.3, 0.4) is 0 Å². The Kier molecular flexibility index (Phi) is 7.51. The SMILES string of the molecule is CCCc1cc(-c2ccccc2)c2ccc3c(-c4nc(-c5ccc6ccccc6c5)nc(-c5ccc6ccccc6c5)n4)c4ccccc4cc3c2c1. The summed E-state index contributed by atoms with van der Waals surface area (Å²) in [5, 5.41) is 11.8. The van der Waals surface area contributed by atoms with Gasteiger partial charge in [0.15, 0.2) is 17.5 Å². The first-order chi connectivity index (χ1) is 26.2. The molecule has 0 aliphatic rings. The first-order valence-electron chi connectivity index (χ1n) is 18.4. The molecule has 0 bridgehead atoms. The lowest BCUT2D eigenvalue weighted by atomic mass is 9.88. The van der Waals surface area contributed by atoms with Gasteiger partial charge in [0.1, 0.15) is 0 Å². The smallest absolute Gasteiger partial charge is 0.165 e. The van der Waals surface area contributed by atoms with Gasteiger partial charge in [-0.15, -0.1) is 0 Å². The van der Waals surface area contributed by atoms with Gasteiger partial charge in [0.25, 0.3) is 0 Å². The maximum Gasteiger partial charge on any atom is 0.165 e. The minimum absolute atomic E-state index is 0.655. The lowest BCUT2D eigenvalue weighted by Gasteiger charge is -2.17. The minimum Gasteiger partial charge on any atom is -0.208 e. The summed E-state index contributed by atoms with van der Waals surface area (Å²) in [6, 6.07) is 60.9. The number of hydrogen-bond donors (Lipinski definition) is 0. The molecule has 9 aromatic carbocycles. The van der Waals surface area contributed by atoms with Gasteiger partial charge in [0.05, 0.1) is 0 Å². The predicted molar refractivity (Wildman–Crippen MR) is 223 cm³/mol. The molecule has 0 unspecified atom stereocenters. The highest BCUT2D eigenvalue weighted by Gasteiger charge is 2.20. The number of benzene rings is 9. The van der Waals surface area contributed by atoms with E-state index in [9.17, 15) is 0 Å². The number of aromatic nitrogens is 3. The first-order valence-corrected chi connectivity index (χ1v) is 18.4. The van der Waals surface area contributed by atoms with E-state index in [0.29, 0.717) is 17.5 Å². The summed E-state index contributed by atoms with van der Waals surface area (Å²) in [6.07, 6.45) is 2.10. The van der Waals surface area contributed by atoms with E-state index in [2.05, 4.69) is 177 Å². The Morgan fingerprint density at radius 1 is 0.358 bits per heavy atom. The Morgan fingerprint density at radius 3 is 1.57 bits per heavy atom. The number of aryl methyl sites for hydroxylation is 1. The molecule has 1 heterocycles. The molecule has 0 amide bonds. The highest BCUT2D eigenvalue weighted by molar-refractivity contribution is 6.21. The van der Waals surface area contributed by atoms with Crippen LogP contribution in [0.2, 0.25) is 0 Å². The summed E-state index contributed by atoms with van der Waals surface area (Å²) in [5.41, 5.74) is 6.78. The van der Waals surface area contributed by atoms with Gasteiger partial charge < -0.3 is 0 Å². The van der Waals surface area contributed by atoms with Crippen LogP contribution in [0.25, 0.3) is 99.2 Å². The van der Waals surface area contributed by atoms with Crippen molar-refractivity contribution in [2.45, 2.75) is 19.8 Å². The first kappa shape index (κ1) is 31.1. The standard InChI is InChI=1S/C50H35N3/c1-2-12-32-27-44(35-15-4-3-5-16-35)42-25-26-43-46(45(42)28-32)31-38-19-10-11-20-41(38)47(43)50-52-48(39-23-21-33-13-6-8-17-36(33)29-39)51-49(53-50)40-24-22-34-14-7-9-18-37(34)30-40/h3-11,13-31H,2,12H2,1H3. The van der Waals surface area contributed by atoms with Gasteiger partial charge in [-0.05, 0) is 95.2 Å². The molecule has 250 valence electrons. The summed E-state index contributed by atoms with van der Waals surface area (Å²) in [6.45, 7) is 2.25. The molecular formula is C50H35N3. The normalized spacial score (nSPS) is 11.6. The van der Waals surface area contributed by atoms with Gasteiger partial charge in [-0.25, -0.2) is 15.0 Å². The Balaban J connectivity index is 1.29. The third-order valence-electron chi connectivity index (χ3n) is 10.5. The molecule has 0 saturated heterocycles. The number of rotatable bonds is 6. The fourth-order valence-corrected chi connectivity index (χ4v) is 7.97. The van der Waals surface area contributed by atoms with E-state index in [0.717, 1.165) is 56.5 Å². The molecular weight excluding hydrogens is 643 g/mol. The molecule has 3 heteroatoms. The maximum absolute atomic E-state index is 5.34. The van der Waals surface area contributed by atoms with Crippen molar-refractivity contribution in [1.82, 2.24) is 15.0 Å². The van der Waals surface area contributed by atoms with Crippen LogP contribution in [0, 0.1) is 0 Å². The van der Waals surface area contributed by atoms with Crippen molar-refractivity contribution in [1.29, 1.82) is 0 Å². The van der Waals surface area contributed by atoms with E-state index in [-0.39, 0.29) is 0 Å². The van der Waals surface area contributed by atoms with E-state index in [1.54, 1.807) is 0 Å². The number of hydrogen-bond acceptors (Lipinski definition) is 3. The largest absolute Gasteiger partial charge is 0.208 e. The zero-order valence-electron chi connectivity index (χ0n) is 29.4. The van der Waals surface area contributed by atoms with Crippen LogP contribution >= 0.6 is 0 Å². The summed E-state index contributed by atoms with van der Waals surface area (Å²) in [4.78, 5) is 15.9. The maximum atomic E-state index is 5.34. The van der Waals surface area contributed by atoms with Crippen LogP contribution in [-0.2, 0) is 6.42 Å². The minimum atomic E-state index is 0.655. The Morgan fingerprint density at radius 2 is 0.906 bits per heavy atom. The second kappa shape index (κ2) is 12.8. The zero-order valence-corrected chi connectivity index (χ0v) is 29.4. The Bertz CT molecular complexity index is 2920. The van der Waals surface area contributed by atoms with Crippen molar-refractivity contribution >= 4 is 53.9 Å². The van der Waals surface area contributed by atoms with Gasteiger partial charge in [-0.3, -0.25) is 0 Å². The van der Waals surface area contributed by atoms with E-state index < -0.39 is 0 Å². The van der Waals surface area contributed by atoms with Crippen molar-refractivity contribution in [3.63, 3.8) is 0 Å². The zero-order chi connectivity index (χ0) is 35.3. The number of fused-ring (bicyclic) bond motifs is 6. The fraction of sp³-hybridized carbons (Fsp3) is 0.0600. The van der Waals surface area contributed by atoms with Gasteiger partial charge in [0.2, 0.25) is 0 Å². The molecule has 0 N–H and O–H groups in total. The molecule has 0 radical (unpaired) electrons. The van der Waals surface area contributed by atoms with Crippen molar-refractivity contribution in [3.8, 4) is 45.3 Å². The van der Waals surface area contributed by atoms with Crippen LogP contribution in [0.4, 0.5) is 0 Å². The van der Waals surface area contributed by atoms with Crippen molar-refractivity contribution < 1.29 is 0 Å². The summed E-state index contributed by atoms with van der Waals surface area (Å²) < 4.78 is 0. The van der Waals surface area contributed by atoms with Crippen molar-refractivity contribution in [3.05, 3.63) is 175 Å². The average Bonchev–Trinajstić information content (AvgIpc) is 3.22. The molecule has 10 aromatic rings. The summed E-state index contributed by atoms with van der Waals surface area (Å²) in [5.74, 6) is 1.98. The van der Waals surface area contributed by atoms with E-state index >= 15 is 0 Å². The molecule has 10 rings (SSSR count). The van der Waals surface area contributed by atoms with Crippen LogP contribution in [0.15, 0.2) is 170 Å². The second-order valence-electron chi connectivity index (χ2n) is 13.9. The van der Waals surface area contributed by atoms with E-state index in [4.69, 9.17) is 15.0 Å². The molecule has 3 nitrogen and oxygen atoms in total. The summed E-state index contributed by atoms with van der Waals surface area (Å²) in [7, 11) is 0. The second-order valence-corrected chi connectivity index (χ2v) is 13.9.